The Kier molecular flexibility index (Phi) is 6.15. The van der Waals surface area contributed by atoms with Crippen LogP contribution >= 0.6 is 0 Å². The molecule has 4 rings (SSSR count). The molecule has 1 aliphatic carbocycles. The Bertz CT molecular complexity index is 670. The maximum Gasteiger partial charge on any atom is 0.223 e. The van der Waals surface area contributed by atoms with E-state index in [0.717, 1.165) is 12.2 Å². The van der Waals surface area contributed by atoms with Gasteiger partial charge < -0.3 is 19.3 Å². The van der Waals surface area contributed by atoms with E-state index in [9.17, 15) is 9.59 Å². The van der Waals surface area contributed by atoms with Crippen LogP contribution < -0.4 is 4.74 Å². The summed E-state index contributed by atoms with van der Waals surface area (Å²) < 4.78 is 11.6. The van der Waals surface area contributed by atoms with Gasteiger partial charge in [-0.15, -0.1) is 0 Å². The molecule has 2 amide bonds. The third-order valence-corrected chi connectivity index (χ3v) is 6.01. The van der Waals surface area contributed by atoms with E-state index in [-0.39, 0.29) is 23.8 Å². The Labute approximate surface area is 166 Å². The third kappa shape index (κ3) is 5.04. The van der Waals surface area contributed by atoms with Crippen LogP contribution in [0.15, 0.2) is 30.3 Å². The number of hydrogen-bond donors (Lipinski definition) is 0. The van der Waals surface area contributed by atoms with Gasteiger partial charge in [0.2, 0.25) is 11.8 Å². The number of amides is 2. The third-order valence-electron chi connectivity index (χ3n) is 6.01. The van der Waals surface area contributed by atoms with Gasteiger partial charge in [-0.05, 0) is 30.9 Å². The van der Waals surface area contributed by atoms with E-state index in [1.165, 1.54) is 12.8 Å². The lowest BCUT2D eigenvalue weighted by Gasteiger charge is -2.39. The Morgan fingerprint density at radius 3 is 2.36 bits per heavy atom. The van der Waals surface area contributed by atoms with Crippen molar-refractivity contribution >= 4 is 11.8 Å². The van der Waals surface area contributed by atoms with Gasteiger partial charge in [0, 0.05) is 51.4 Å². The van der Waals surface area contributed by atoms with Crippen molar-refractivity contribution in [1.82, 2.24) is 9.80 Å². The first-order valence-electron chi connectivity index (χ1n) is 10.5. The van der Waals surface area contributed by atoms with Gasteiger partial charge in [-0.3, -0.25) is 9.59 Å². The number of para-hydroxylation sites is 1. The molecule has 0 spiro atoms. The predicted octanol–water partition coefficient (Wildman–Crippen LogP) is 2.33. The van der Waals surface area contributed by atoms with Gasteiger partial charge in [0.1, 0.15) is 11.9 Å². The van der Waals surface area contributed by atoms with Gasteiger partial charge in [0.15, 0.2) is 0 Å². The van der Waals surface area contributed by atoms with Crippen LogP contribution in [0.1, 0.15) is 32.1 Å². The molecule has 2 heterocycles. The fourth-order valence-electron chi connectivity index (χ4n) is 4.13. The predicted molar refractivity (Wildman–Crippen MR) is 105 cm³/mol. The molecule has 2 aliphatic heterocycles. The highest BCUT2D eigenvalue weighted by molar-refractivity contribution is 5.78. The zero-order valence-electron chi connectivity index (χ0n) is 16.4. The van der Waals surface area contributed by atoms with E-state index >= 15 is 0 Å². The first-order valence-corrected chi connectivity index (χ1v) is 10.5. The summed E-state index contributed by atoms with van der Waals surface area (Å²) in [6.45, 7) is 3.84. The summed E-state index contributed by atoms with van der Waals surface area (Å²) in [4.78, 5) is 29.3. The lowest BCUT2D eigenvalue weighted by Crippen LogP contribution is -2.50. The Hall–Kier alpha value is -2.08. The number of likely N-dealkylation sites (tertiary alicyclic amines) is 1. The van der Waals surface area contributed by atoms with E-state index in [4.69, 9.17) is 9.47 Å². The van der Waals surface area contributed by atoms with Gasteiger partial charge in [-0.1, -0.05) is 18.2 Å². The van der Waals surface area contributed by atoms with Crippen LogP contribution in [0.2, 0.25) is 0 Å². The van der Waals surface area contributed by atoms with Crippen molar-refractivity contribution in [2.45, 2.75) is 38.2 Å². The molecule has 0 unspecified atom stereocenters. The van der Waals surface area contributed by atoms with Crippen LogP contribution in [0.25, 0.3) is 0 Å². The minimum atomic E-state index is -0.0441. The maximum atomic E-state index is 12.8. The molecule has 6 heteroatoms. The molecular formula is C22H30N2O4. The number of nitrogens with zero attached hydrogens (tertiary/aromatic N) is 2. The topological polar surface area (TPSA) is 59.1 Å². The van der Waals surface area contributed by atoms with E-state index in [2.05, 4.69) is 0 Å². The molecule has 2 atom stereocenters. The van der Waals surface area contributed by atoms with Crippen LogP contribution in [-0.4, -0.2) is 67.1 Å². The van der Waals surface area contributed by atoms with E-state index < -0.39 is 0 Å². The largest absolute Gasteiger partial charge is 0.490 e. The summed E-state index contributed by atoms with van der Waals surface area (Å²) in [5.74, 6) is 1.82. The van der Waals surface area contributed by atoms with Crippen molar-refractivity contribution in [1.29, 1.82) is 0 Å². The van der Waals surface area contributed by atoms with Crippen LogP contribution in [0.4, 0.5) is 0 Å². The fourth-order valence-corrected chi connectivity index (χ4v) is 4.13. The highest BCUT2D eigenvalue weighted by Crippen LogP contribution is 2.34. The van der Waals surface area contributed by atoms with Crippen LogP contribution in [-0.2, 0) is 14.3 Å². The Morgan fingerprint density at radius 1 is 0.929 bits per heavy atom. The standard InChI is InChI=1S/C22H30N2O4/c25-21(14-17-6-7-17)24-9-8-20(28-19-4-2-1-3-5-19)18(16-24)15-22(26)23-10-12-27-13-11-23/h1-5,17-18,20H,6-16H2/t18-,20-/m0/s1. The van der Waals surface area contributed by atoms with Gasteiger partial charge in [0.05, 0.1) is 13.2 Å². The molecule has 1 aromatic rings. The number of morpholine rings is 1. The molecule has 2 saturated heterocycles. The Morgan fingerprint density at radius 2 is 1.64 bits per heavy atom. The number of rotatable bonds is 6. The number of ether oxygens (including phenoxy) is 2. The molecule has 3 fully saturated rings. The van der Waals surface area contributed by atoms with Gasteiger partial charge in [-0.25, -0.2) is 0 Å². The van der Waals surface area contributed by atoms with Crippen molar-refractivity contribution in [3.8, 4) is 5.75 Å². The SMILES string of the molecule is O=C(C[C@H]1CN(C(=O)CC2CC2)CC[C@@H]1Oc1ccccc1)N1CCOCC1. The zero-order valence-corrected chi connectivity index (χ0v) is 16.4. The second-order valence-corrected chi connectivity index (χ2v) is 8.20. The molecule has 0 aromatic heterocycles. The van der Waals surface area contributed by atoms with Crippen molar-refractivity contribution in [3.05, 3.63) is 30.3 Å². The molecular weight excluding hydrogens is 356 g/mol. The van der Waals surface area contributed by atoms with Crippen molar-refractivity contribution in [2.75, 3.05) is 39.4 Å². The van der Waals surface area contributed by atoms with Gasteiger partial charge in [-0.2, -0.15) is 0 Å². The van der Waals surface area contributed by atoms with Crippen molar-refractivity contribution < 1.29 is 19.1 Å². The van der Waals surface area contributed by atoms with Crippen LogP contribution in [0.5, 0.6) is 5.75 Å². The lowest BCUT2D eigenvalue weighted by molar-refractivity contribution is -0.141. The fraction of sp³-hybridized carbons (Fsp3) is 0.636. The summed E-state index contributed by atoms with van der Waals surface area (Å²) in [6, 6.07) is 9.78. The number of carbonyl (C=O) groups excluding carboxylic acids is 2. The van der Waals surface area contributed by atoms with Crippen LogP contribution in [0, 0.1) is 11.8 Å². The minimum Gasteiger partial charge on any atom is -0.490 e. The maximum absolute atomic E-state index is 12.8. The average molecular weight is 386 g/mol. The van der Waals surface area contributed by atoms with Gasteiger partial charge >= 0.3 is 0 Å². The number of carbonyl (C=O) groups is 2. The second kappa shape index (κ2) is 8.95. The summed E-state index contributed by atoms with van der Waals surface area (Å²) in [7, 11) is 0. The number of benzene rings is 1. The monoisotopic (exact) mass is 386 g/mol. The number of hydrogen-bond acceptors (Lipinski definition) is 4. The quantitative estimate of drug-likeness (QED) is 0.753. The molecule has 0 N–H and O–H groups in total. The summed E-state index contributed by atoms with van der Waals surface area (Å²) >= 11 is 0. The number of piperidine rings is 1. The summed E-state index contributed by atoms with van der Waals surface area (Å²) in [5, 5.41) is 0. The minimum absolute atomic E-state index is 0.0208. The molecule has 152 valence electrons. The highest BCUT2D eigenvalue weighted by Gasteiger charge is 2.36. The molecule has 0 radical (unpaired) electrons. The van der Waals surface area contributed by atoms with E-state index in [1.54, 1.807) is 0 Å². The highest BCUT2D eigenvalue weighted by atomic mass is 16.5. The first kappa shape index (κ1) is 19.2. The zero-order chi connectivity index (χ0) is 19.3. The Balaban J connectivity index is 1.41. The molecule has 1 saturated carbocycles. The first-order chi connectivity index (χ1) is 13.7. The lowest BCUT2D eigenvalue weighted by atomic mass is 9.90. The second-order valence-electron chi connectivity index (χ2n) is 8.20. The van der Waals surface area contributed by atoms with E-state index in [1.807, 2.05) is 40.1 Å². The molecule has 3 aliphatic rings. The average Bonchev–Trinajstić information content (AvgIpc) is 3.54. The van der Waals surface area contributed by atoms with Crippen molar-refractivity contribution in [2.24, 2.45) is 11.8 Å². The summed E-state index contributed by atoms with van der Waals surface area (Å²) in [6.07, 6.45) is 4.17. The normalized spacial score (nSPS) is 25.4. The molecule has 6 nitrogen and oxygen atoms in total. The molecule has 28 heavy (non-hydrogen) atoms. The molecule has 0 bridgehead atoms. The van der Waals surface area contributed by atoms with Crippen LogP contribution in [0.3, 0.4) is 0 Å². The van der Waals surface area contributed by atoms with Gasteiger partial charge in [0.25, 0.3) is 0 Å². The summed E-state index contributed by atoms with van der Waals surface area (Å²) in [5.41, 5.74) is 0. The molecule has 1 aromatic carbocycles. The smallest absolute Gasteiger partial charge is 0.223 e. The van der Waals surface area contributed by atoms with Crippen molar-refractivity contribution in [3.63, 3.8) is 0 Å². The van der Waals surface area contributed by atoms with E-state index in [0.29, 0.717) is 58.2 Å².